The van der Waals surface area contributed by atoms with E-state index in [4.69, 9.17) is 4.74 Å². The number of fused-ring (bicyclic) bond motifs is 2. The molecule has 1 heterocycles. The van der Waals surface area contributed by atoms with E-state index in [1.807, 2.05) is 39.5 Å². The van der Waals surface area contributed by atoms with Gasteiger partial charge in [-0.3, -0.25) is 4.79 Å². The van der Waals surface area contributed by atoms with E-state index in [0.717, 1.165) is 63.8 Å². The number of rotatable bonds is 5. The Morgan fingerprint density at radius 2 is 1.60 bits per heavy atom. The first-order chi connectivity index (χ1) is 18.9. The van der Waals surface area contributed by atoms with Gasteiger partial charge in [0.05, 0.1) is 5.60 Å². The molecule has 0 aromatic heterocycles. The highest BCUT2D eigenvalue weighted by Crippen LogP contribution is 2.43. The van der Waals surface area contributed by atoms with Crippen LogP contribution in [0.3, 0.4) is 0 Å². The van der Waals surface area contributed by atoms with E-state index < -0.39 is 17.7 Å². The van der Waals surface area contributed by atoms with Crippen LogP contribution in [0.15, 0.2) is 48.5 Å². The molecule has 1 aliphatic carbocycles. The van der Waals surface area contributed by atoms with Gasteiger partial charge in [0, 0.05) is 24.6 Å². The SMILES string of the molecule is Cc1ccc(-c2c(C)c3c(c(C)c2[C@H](OC(C)(C)C)C(=O)O)CCN(C(=O)C2CCc4ccccc4C2)C3)cc1. The quantitative estimate of drug-likeness (QED) is 0.383. The van der Waals surface area contributed by atoms with Crippen LogP contribution in [0.1, 0.15) is 77.8 Å². The zero-order valence-electron chi connectivity index (χ0n) is 24.6. The highest BCUT2D eigenvalue weighted by molar-refractivity contribution is 5.85. The maximum Gasteiger partial charge on any atom is 0.337 e. The van der Waals surface area contributed by atoms with Gasteiger partial charge in [-0.25, -0.2) is 4.79 Å². The van der Waals surface area contributed by atoms with Crippen molar-refractivity contribution in [1.82, 2.24) is 4.90 Å². The van der Waals surface area contributed by atoms with Gasteiger partial charge in [0.1, 0.15) is 0 Å². The van der Waals surface area contributed by atoms with Crippen molar-refractivity contribution in [3.63, 3.8) is 0 Å². The summed E-state index contributed by atoms with van der Waals surface area (Å²) in [6, 6.07) is 16.7. The Morgan fingerprint density at radius 3 is 2.25 bits per heavy atom. The van der Waals surface area contributed by atoms with E-state index in [1.54, 1.807) is 0 Å². The van der Waals surface area contributed by atoms with E-state index in [2.05, 4.69) is 55.5 Å². The van der Waals surface area contributed by atoms with Crippen LogP contribution in [0.2, 0.25) is 0 Å². The lowest BCUT2D eigenvalue weighted by atomic mass is 9.79. The molecule has 1 unspecified atom stereocenters. The lowest BCUT2D eigenvalue weighted by Gasteiger charge is -2.37. The molecule has 3 aromatic rings. The van der Waals surface area contributed by atoms with Crippen LogP contribution in [-0.4, -0.2) is 34.0 Å². The van der Waals surface area contributed by atoms with Crippen LogP contribution >= 0.6 is 0 Å². The van der Waals surface area contributed by atoms with Gasteiger partial charge in [0.15, 0.2) is 6.10 Å². The highest BCUT2D eigenvalue weighted by atomic mass is 16.5. The Hall–Kier alpha value is -3.44. The predicted octanol–water partition coefficient (Wildman–Crippen LogP) is 6.91. The summed E-state index contributed by atoms with van der Waals surface area (Å²) in [6.45, 7) is 13.0. The van der Waals surface area contributed by atoms with Gasteiger partial charge in [-0.05, 0) is 112 Å². The van der Waals surface area contributed by atoms with Crippen LogP contribution in [0.25, 0.3) is 11.1 Å². The van der Waals surface area contributed by atoms with Crippen molar-refractivity contribution in [3.8, 4) is 11.1 Å². The summed E-state index contributed by atoms with van der Waals surface area (Å²) in [6.07, 6.45) is 2.24. The molecular weight excluding hydrogens is 498 g/mol. The lowest BCUT2D eigenvalue weighted by Crippen LogP contribution is -2.42. The fourth-order valence-electron chi connectivity index (χ4n) is 6.59. The van der Waals surface area contributed by atoms with Crippen molar-refractivity contribution in [2.75, 3.05) is 6.54 Å². The third kappa shape index (κ3) is 5.44. The fourth-order valence-corrected chi connectivity index (χ4v) is 6.59. The van der Waals surface area contributed by atoms with Crippen molar-refractivity contribution >= 4 is 11.9 Å². The number of aliphatic carboxylic acids is 1. The normalized spacial score (nSPS) is 17.6. The van der Waals surface area contributed by atoms with Gasteiger partial charge in [0.2, 0.25) is 5.91 Å². The molecule has 0 fully saturated rings. The number of carbonyl (C=O) groups excluding carboxylic acids is 1. The maximum atomic E-state index is 13.8. The summed E-state index contributed by atoms with van der Waals surface area (Å²) in [7, 11) is 0. The number of carboxylic acids is 1. The third-order valence-corrected chi connectivity index (χ3v) is 8.60. The number of amides is 1. The monoisotopic (exact) mass is 539 g/mol. The first-order valence-electron chi connectivity index (χ1n) is 14.4. The standard InChI is InChI=1S/C35H41NO4/c1-21-11-13-25(14-12-21)30-23(3)29-20-36(33(37)27-16-15-24-9-7-8-10-26(24)19-27)18-17-28(29)22(2)31(30)32(34(38)39)40-35(4,5)6/h7-14,27,32H,15-20H2,1-6H3,(H,38,39)/t27?,32-/m0/s1. The summed E-state index contributed by atoms with van der Waals surface area (Å²) in [5.74, 6) is -0.751. The van der Waals surface area contributed by atoms with Crippen LogP contribution in [0.5, 0.6) is 0 Å². The predicted molar refractivity (Wildman–Crippen MR) is 158 cm³/mol. The molecule has 0 saturated heterocycles. The molecule has 0 radical (unpaired) electrons. The van der Waals surface area contributed by atoms with Crippen molar-refractivity contribution in [2.45, 2.75) is 85.5 Å². The van der Waals surface area contributed by atoms with Gasteiger partial charge in [0.25, 0.3) is 0 Å². The second-order valence-electron chi connectivity index (χ2n) is 12.5. The molecule has 5 heteroatoms. The van der Waals surface area contributed by atoms with Crippen LogP contribution in [0, 0.1) is 26.7 Å². The lowest BCUT2D eigenvalue weighted by molar-refractivity contribution is -0.160. The van der Waals surface area contributed by atoms with E-state index in [9.17, 15) is 14.7 Å². The second-order valence-corrected chi connectivity index (χ2v) is 12.5. The van der Waals surface area contributed by atoms with Gasteiger partial charge in [-0.1, -0.05) is 54.1 Å². The Labute approximate surface area is 238 Å². The van der Waals surface area contributed by atoms with Crippen molar-refractivity contribution < 1.29 is 19.4 Å². The van der Waals surface area contributed by atoms with E-state index in [-0.39, 0.29) is 11.8 Å². The minimum atomic E-state index is -1.10. The summed E-state index contributed by atoms with van der Waals surface area (Å²) in [5.41, 5.74) is 10.1. The Bertz CT molecular complexity index is 1450. The fraction of sp³-hybridized carbons (Fsp3) is 0.429. The van der Waals surface area contributed by atoms with E-state index in [0.29, 0.717) is 19.5 Å². The molecule has 1 N–H and O–H groups in total. The first-order valence-corrected chi connectivity index (χ1v) is 14.4. The zero-order valence-corrected chi connectivity index (χ0v) is 24.6. The summed E-state index contributed by atoms with van der Waals surface area (Å²) >= 11 is 0. The largest absolute Gasteiger partial charge is 0.479 e. The maximum absolute atomic E-state index is 13.8. The molecule has 0 bridgehead atoms. The molecule has 5 nitrogen and oxygen atoms in total. The average molecular weight is 540 g/mol. The molecule has 0 spiro atoms. The minimum Gasteiger partial charge on any atom is -0.479 e. The number of benzene rings is 3. The van der Waals surface area contributed by atoms with Crippen molar-refractivity contribution in [3.05, 3.63) is 93.0 Å². The van der Waals surface area contributed by atoms with Crippen LogP contribution in [0.4, 0.5) is 0 Å². The average Bonchev–Trinajstić information content (AvgIpc) is 2.93. The van der Waals surface area contributed by atoms with Crippen molar-refractivity contribution in [2.24, 2.45) is 5.92 Å². The van der Waals surface area contributed by atoms with Gasteiger partial charge in [-0.2, -0.15) is 0 Å². The molecular formula is C35H41NO4. The number of hydrogen-bond donors (Lipinski definition) is 1. The molecule has 5 rings (SSSR count). The molecule has 210 valence electrons. The molecule has 2 aliphatic rings. The number of carboxylic acid groups (broad SMARTS) is 1. The summed E-state index contributed by atoms with van der Waals surface area (Å²) in [4.78, 5) is 28.5. The number of ether oxygens (including phenoxy) is 1. The Balaban J connectivity index is 1.56. The van der Waals surface area contributed by atoms with E-state index >= 15 is 0 Å². The Kier molecular flexibility index (Phi) is 7.62. The first kappa shape index (κ1) is 28.1. The van der Waals surface area contributed by atoms with Gasteiger partial charge < -0.3 is 14.7 Å². The number of nitrogens with zero attached hydrogens (tertiary/aromatic N) is 1. The van der Waals surface area contributed by atoms with Crippen molar-refractivity contribution in [1.29, 1.82) is 0 Å². The molecule has 0 saturated carbocycles. The third-order valence-electron chi connectivity index (χ3n) is 8.60. The van der Waals surface area contributed by atoms with Crippen LogP contribution in [-0.2, 0) is 40.1 Å². The van der Waals surface area contributed by atoms with Crippen LogP contribution < -0.4 is 0 Å². The summed E-state index contributed by atoms with van der Waals surface area (Å²) in [5, 5.41) is 10.4. The molecule has 1 amide bonds. The van der Waals surface area contributed by atoms with Gasteiger partial charge >= 0.3 is 5.97 Å². The Morgan fingerprint density at radius 1 is 0.925 bits per heavy atom. The molecule has 3 aromatic carbocycles. The number of carbonyl (C=O) groups is 2. The smallest absolute Gasteiger partial charge is 0.337 e. The van der Waals surface area contributed by atoms with E-state index in [1.165, 1.54) is 11.1 Å². The number of aryl methyl sites for hydroxylation is 2. The molecule has 40 heavy (non-hydrogen) atoms. The van der Waals surface area contributed by atoms with Gasteiger partial charge in [-0.15, -0.1) is 0 Å². The molecule has 2 atom stereocenters. The summed E-state index contributed by atoms with van der Waals surface area (Å²) < 4.78 is 6.20. The minimum absolute atomic E-state index is 0.00488. The molecule has 1 aliphatic heterocycles. The topological polar surface area (TPSA) is 66.8 Å². The second kappa shape index (κ2) is 10.9. The number of hydrogen-bond acceptors (Lipinski definition) is 3. The highest BCUT2D eigenvalue weighted by Gasteiger charge is 2.36. The zero-order chi connectivity index (χ0) is 28.8.